The second-order valence-corrected chi connectivity index (χ2v) is 5.69. The van der Waals surface area contributed by atoms with E-state index in [2.05, 4.69) is 26.7 Å². The lowest BCUT2D eigenvalue weighted by Crippen LogP contribution is -2.21. The molecule has 126 valence electrons. The molecule has 8 nitrogen and oxygen atoms in total. The lowest BCUT2D eigenvalue weighted by molar-refractivity contribution is -0.116. The summed E-state index contributed by atoms with van der Waals surface area (Å²) in [6, 6.07) is 11.0. The van der Waals surface area contributed by atoms with Gasteiger partial charge in [-0.05, 0) is 26.0 Å². The van der Waals surface area contributed by atoms with Gasteiger partial charge in [-0.25, -0.2) is 0 Å². The molecule has 0 spiro atoms. The molecule has 2 heterocycles. The van der Waals surface area contributed by atoms with Gasteiger partial charge in [-0.2, -0.15) is 10.4 Å². The van der Waals surface area contributed by atoms with Crippen LogP contribution in [-0.2, 0) is 18.4 Å². The summed E-state index contributed by atoms with van der Waals surface area (Å²) in [4.78, 5) is 12.4. The largest absolute Gasteiger partial charge is 0.309 e. The quantitative estimate of drug-likeness (QED) is 0.783. The van der Waals surface area contributed by atoms with Crippen molar-refractivity contribution in [1.82, 2.24) is 24.5 Å². The molecule has 0 aliphatic rings. The summed E-state index contributed by atoms with van der Waals surface area (Å²) < 4.78 is 3.33. The topological polar surface area (TPSA) is 101 Å². The van der Waals surface area contributed by atoms with Crippen LogP contribution in [0.15, 0.2) is 30.3 Å². The molecule has 0 unspecified atom stereocenters. The lowest BCUT2D eigenvalue weighted by atomic mass is 10.1. The number of hydrogen-bond acceptors (Lipinski definition) is 5. The van der Waals surface area contributed by atoms with Crippen LogP contribution < -0.4 is 5.32 Å². The van der Waals surface area contributed by atoms with Gasteiger partial charge in [-0.3, -0.25) is 9.48 Å². The van der Waals surface area contributed by atoms with Crippen LogP contribution in [0.3, 0.4) is 0 Å². The van der Waals surface area contributed by atoms with Crippen LogP contribution in [0.25, 0.3) is 11.4 Å². The van der Waals surface area contributed by atoms with E-state index in [-0.39, 0.29) is 12.5 Å². The maximum atomic E-state index is 12.4. The summed E-state index contributed by atoms with van der Waals surface area (Å²) in [6.45, 7) is 3.71. The van der Waals surface area contributed by atoms with Crippen molar-refractivity contribution in [3.8, 4) is 17.5 Å². The second kappa shape index (κ2) is 6.57. The van der Waals surface area contributed by atoms with E-state index in [0.717, 1.165) is 11.3 Å². The zero-order chi connectivity index (χ0) is 18.0. The number of nitrogens with one attached hydrogen (secondary N) is 1. The van der Waals surface area contributed by atoms with Crippen LogP contribution in [0.5, 0.6) is 0 Å². The van der Waals surface area contributed by atoms with E-state index < -0.39 is 0 Å². The van der Waals surface area contributed by atoms with E-state index >= 15 is 0 Å². The first-order chi connectivity index (χ1) is 12.0. The molecule has 0 bridgehead atoms. The number of benzene rings is 1. The van der Waals surface area contributed by atoms with Crippen molar-refractivity contribution in [2.45, 2.75) is 20.4 Å². The number of anilines is 1. The summed E-state index contributed by atoms with van der Waals surface area (Å²) in [5, 5.41) is 24.3. The van der Waals surface area contributed by atoms with Gasteiger partial charge in [-0.1, -0.05) is 12.1 Å². The van der Waals surface area contributed by atoms with Crippen LogP contribution in [0.4, 0.5) is 5.82 Å². The van der Waals surface area contributed by atoms with E-state index in [1.54, 1.807) is 47.5 Å². The average molecular weight is 335 g/mol. The molecule has 8 heteroatoms. The Morgan fingerprint density at radius 1 is 1.28 bits per heavy atom. The van der Waals surface area contributed by atoms with Gasteiger partial charge in [0.25, 0.3) is 0 Å². The molecular formula is C17H17N7O. The fourth-order valence-electron chi connectivity index (χ4n) is 2.57. The molecule has 0 radical (unpaired) electrons. The van der Waals surface area contributed by atoms with E-state index in [0.29, 0.717) is 23.0 Å². The molecule has 0 saturated heterocycles. The number of carbonyl (C=O) groups is 1. The molecule has 1 N–H and O–H groups in total. The molecule has 3 rings (SSSR count). The van der Waals surface area contributed by atoms with E-state index in [1.807, 2.05) is 13.0 Å². The summed E-state index contributed by atoms with van der Waals surface area (Å²) in [7, 11) is 1.77. The number of amides is 1. The monoisotopic (exact) mass is 335 g/mol. The van der Waals surface area contributed by atoms with Gasteiger partial charge in [-0.15, -0.1) is 10.2 Å². The van der Waals surface area contributed by atoms with Gasteiger partial charge in [0.05, 0.1) is 17.3 Å². The van der Waals surface area contributed by atoms with Gasteiger partial charge in [0.15, 0.2) is 5.82 Å². The van der Waals surface area contributed by atoms with Crippen molar-refractivity contribution in [2.75, 3.05) is 5.32 Å². The highest BCUT2D eigenvalue weighted by molar-refractivity contribution is 5.90. The SMILES string of the molecule is Cc1cc(NC(=O)Cn2c(C)nnc2-c2cccc(C#N)c2)n(C)n1. The lowest BCUT2D eigenvalue weighted by Gasteiger charge is -2.10. The maximum absolute atomic E-state index is 12.4. The Morgan fingerprint density at radius 3 is 2.76 bits per heavy atom. The highest BCUT2D eigenvalue weighted by atomic mass is 16.2. The van der Waals surface area contributed by atoms with Crippen LogP contribution in [0, 0.1) is 25.2 Å². The van der Waals surface area contributed by atoms with E-state index in [4.69, 9.17) is 5.26 Å². The molecule has 1 aromatic carbocycles. The third-order valence-electron chi connectivity index (χ3n) is 3.76. The van der Waals surface area contributed by atoms with Gasteiger partial charge in [0, 0.05) is 18.7 Å². The molecule has 0 aliphatic carbocycles. The van der Waals surface area contributed by atoms with Crippen LogP contribution in [0.1, 0.15) is 17.1 Å². The van der Waals surface area contributed by atoms with Crippen LogP contribution >= 0.6 is 0 Å². The smallest absolute Gasteiger partial charge is 0.245 e. The van der Waals surface area contributed by atoms with Gasteiger partial charge in [0.2, 0.25) is 5.91 Å². The Balaban J connectivity index is 1.85. The highest BCUT2D eigenvalue weighted by Gasteiger charge is 2.15. The molecule has 0 fully saturated rings. The Bertz CT molecular complexity index is 977. The number of carbonyl (C=O) groups excluding carboxylic acids is 1. The number of rotatable bonds is 4. The Labute approximate surface area is 144 Å². The first-order valence-electron chi connectivity index (χ1n) is 7.69. The van der Waals surface area contributed by atoms with Crippen molar-refractivity contribution in [3.05, 3.63) is 47.4 Å². The minimum absolute atomic E-state index is 0.0647. The fraction of sp³-hybridized carbons (Fsp3) is 0.235. The number of hydrogen-bond donors (Lipinski definition) is 1. The van der Waals surface area contributed by atoms with Crippen LogP contribution in [0.2, 0.25) is 0 Å². The van der Waals surface area contributed by atoms with Crippen molar-refractivity contribution >= 4 is 11.7 Å². The number of nitriles is 1. The molecule has 0 saturated carbocycles. The predicted octanol–water partition coefficient (Wildman–Crippen LogP) is 1.81. The standard InChI is InChI=1S/C17H17N7O/c1-11-7-15(23(3)22-11)19-16(25)10-24-12(2)20-21-17(24)14-6-4-5-13(8-14)9-18/h4-8H,10H2,1-3H3,(H,19,25). The first kappa shape index (κ1) is 16.4. The number of aromatic nitrogens is 5. The molecule has 1 amide bonds. The van der Waals surface area contributed by atoms with Crippen LogP contribution in [-0.4, -0.2) is 30.5 Å². The highest BCUT2D eigenvalue weighted by Crippen LogP contribution is 2.19. The minimum Gasteiger partial charge on any atom is -0.309 e. The molecule has 2 aromatic heterocycles. The minimum atomic E-state index is -0.205. The number of nitrogens with zero attached hydrogens (tertiary/aromatic N) is 6. The molecule has 3 aromatic rings. The predicted molar refractivity (Wildman–Crippen MR) is 91.5 cm³/mol. The molecule has 25 heavy (non-hydrogen) atoms. The normalized spacial score (nSPS) is 10.5. The number of aryl methyl sites for hydroxylation is 3. The Kier molecular flexibility index (Phi) is 4.31. The average Bonchev–Trinajstić information content (AvgIpc) is 3.10. The van der Waals surface area contributed by atoms with Gasteiger partial charge < -0.3 is 9.88 Å². The Morgan fingerprint density at radius 2 is 2.08 bits per heavy atom. The zero-order valence-corrected chi connectivity index (χ0v) is 14.2. The van der Waals surface area contributed by atoms with Crippen molar-refractivity contribution < 1.29 is 4.79 Å². The van der Waals surface area contributed by atoms with Crippen molar-refractivity contribution in [2.24, 2.45) is 7.05 Å². The molecule has 0 atom stereocenters. The Hall–Kier alpha value is -3.47. The molecular weight excluding hydrogens is 318 g/mol. The molecule has 0 aliphatic heterocycles. The van der Waals surface area contributed by atoms with E-state index in [1.165, 1.54) is 0 Å². The second-order valence-electron chi connectivity index (χ2n) is 5.69. The summed E-state index contributed by atoms with van der Waals surface area (Å²) >= 11 is 0. The third kappa shape index (κ3) is 3.40. The summed E-state index contributed by atoms with van der Waals surface area (Å²) in [5.74, 6) is 1.59. The fourth-order valence-corrected chi connectivity index (χ4v) is 2.57. The van der Waals surface area contributed by atoms with Crippen molar-refractivity contribution in [1.29, 1.82) is 5.26 Å². The summed E-state index contributed by atoms with van der Waals surface area (Å²) in [5.41, 5.74) is 2.09. The first-order valence-corrected chi connectivity index (χ1v) is 7.69. The maximum Gasteiger partial charge on any atom is 0.245 e. The van der Waals surface area contributed by atoms with E-state index in [9.17, 15) is 4.79 Å². The zero-order valence-electron chi connectivity index (χ0n) is 14.2. The van der Waals surface area contributed by atoms with Gasteiger partial charge >= 0.3 is 0 Å². The van der Waals surface area contributed by atoms with Gasteiger partial charge in [0.1, 0.15) is 18.2 Å². The third-order valence-corrected chi connectivity index (χ3v) is 3.76. The van der Waals surface area contributed by atoms with Crippen molar-refractivity contribution in [3.63, 3.8) is 0 Å². The summed E-state index contributed by atoms with van der Waals surface area (Å²) in [6.07, 6.45) is 0.